The van der Waals surface area contributed by atoms with E-state index in [1.807, 2.05) is 18.2 Å². The number of nitriles is 1. The summed E-state index contributed by atoms with van der Waals surface area (Å²) in [6.45, 7) is 4.58. The Balaban J connectivity index is 1.59. The summed E-state index contributed by atoms with van der Waals surface area (Å²) in [4.78, 5) is 9.10. The minimum atomic E-state index is 0.143. The average molecular weight is 470 g/mol. The van der Waals surface area contributed by atoms with Gasteiger partial charge in [-0.25, -0.2) is 4.98 Å². The molecule has 0 bridgehead atoms. The van der Waals surface area contributed by atoms with Crippen LogP contribution in [0.2, 0.25) is 0 Å². The number of phenolic OH excluding ortho intramolecular Hbond substituents is 1. The van der Waals surface area contributed by atoms with Crippen molar-refractivity contribution in [3.8, 4) is 34.9 Å². The van der Waals surface area contributed by atoms with Crippen molar-refractivity contribution in [3.63, 3.8) is 0 Å². The van der Waals surface area contributed by atoms with Crippen LogP contribution in [-0.4, -0.2) is 59.7 Å². The van der Waals surface area contributed by atoms with E-state index in [1.54, 1.807) is 31.4 Å². The SMILES string of the molecule is COCC#Cc1nc(N2CCN(c3cc(-c4ccccc4O)nnc3N)CC[C@H]2C)ccc1C#N. The van der Waals surface area contributed by atoms with E-state index in [1.165, 1.54) is 0 Å². The number of rotatable bonds is 4. The molecule has 3 heterocycles. The molecule has 0 saturated carbocycles. The maximum atomic E-state index is 10.2. The number of nitrogen functional groups attached to an aromatic ring is 1. The molecular formula is C26H27N7O2. The first-order valence-electron chi connectivity index (χ1n) is 11.3. The first-order chi connectivity index (χ1) is 17.0. The van der Waals surface area contributed by atoms with Crippen LogP contribution in [0, 0.1) is 23.2 Å². The summed E-state index contributed by atoms with van der Waals surface area (Å²) >= 11 is 0. The Labute approximate surface area is 204 Å². The second-order valence-electron chi connectivity index (χ2n) is 8.25. The Morgan fingerprint density at radius 1 is 1.17 bits per heavy atom. The Bertz CT molecular complexity index is 1310. The van der Waals surface area contributed by atoms with Gasteiger partial charge in [-0.2, -0.15) is 5.26 Å². The number of phenols is 1. The number of benzene rings is 1. The third-order valence-corrected chi connectivity index (χ3v) is 6.00. The minimum Gasteiger partial charge on any atom is -0.507 e. The lowest BCUT2D eigenvalue weighted by Crippen LogP contribution is -2.35. The van der Waals surface area contributed by atoms with Crippen molar-refractivity contribution < 1.29 is 9.84 Å². The first kappa shape index (κ1) is 23.8. The highest BCUT2D eigenvalue weighted by Gasteiger charge is 2.24. The summed E-state index contributed by atoms with van der Waals surface area (Å²) in [7, 11) is 1.57. The lowest BCUT2D eigenvalue weighted by molar-refractivity contribution is 0.240. The van der Waals surface area contributed by atoms with Crippen LogP contribution in [0.15, 0.2) is 42.5 Å². The summed E-state index contributed by atoms with van der Waals surface area (Å²) in [5, 5.41) is 28.0. The number of aromatic hydroxyl groups is 1. The van der Waals surface area contributed by atoms with Crippen LogP contribution in [-0.2, 0) is 4.74 Å². The lowest BCUT2D eigenvalue weighted by Gasteiger charge is -2.28. The number of ether oxygens (including phenoxy) is 1. The Hall–Kier alpha value is -4.34. The van der Waals surface area contributed by atoms with Crippen LogP contribution in [0.5, 0.6) is 5.75 Å². The molecule has 35 heavy (non-hydrogen) atoms. The van der Waals surface area contributed by atoms with Gasteiger partial charge >= 0.3 is 0 Å². The van der Waals surface area contributed by atoms with Gasteiger partial charge in [-0.1, -0.05) is 18.1 Å². The molecule has 1 atom stereocenters. The minimum absolute atomic E-state index is 0.143. The molecule has 1 aliphatic heterocycles. The van der Waals surface area contributed by atoms with Gasteiger partial charge in [0, 0.05) is 38.3 Å². The molecule has 178 valence electrons. The number of hydrogen-bond acceptors (Lipinski definition) is 9. The summed E-state index contributed by atoms with van der Waals surface area (Å²) in [6, 6.07) is 14.9. The van der Waals surface area contributed by atoms with Gasteiger partial charge in [-0.3, -0.25) is 0 Å². The average Bonchev–Trinajstić information content (AvgIpc) is 3.06. The number of pyridine rings is 1. The van der Waals surface area contributed by atoms with E-state index < -0.39 is 0 Å². The van der Waals surface area contributed by atoms with Crippen molar-refractivity contribution in [3.05, 3.63) is 53.7 Å². The molecule has 1 aromatic carbocycles. The molecule has 1 aliphatic rings. The van der Waals surface area contributed by atoms with E-state index in [9.17, 15) is 10.4 Å². The number of para-hydroxylation sites is 1. The summed E-state index contributed by atoms with van der Waals surface area (Å²) < 4.78 is 4.99. The highest BCUT2D eigenvalue weighted by Crippen LogP contribution is 2.32. The van der Waals surface area contributed by atoms with Crippen molar-refractivity contribution in [2.45, 2.75) is 19.4 Å². The van der Waals surface area contributed by atoms with E-state index in [2.05, 4.69) is 44.8 Å². The van der Waals surface area contributed by atoms with Gasteiger partial charge in [-0.05, 0) is 49.6 Å². The molecular weight excluding hydrogens is 442 g/mol. The number of methoxy groups -OCH3 is 1. The smallest absolute Gasteiger partial charge is 0.169 e. The maximum absolute atomic E-state index is 10.2. The van der Waals surface area contributed by atoms with Crippen LogP contribution < -0.4 is 15.5 Å². The van der Waals surface area contributed by atoms with Crippen LogP contribution >= 0.6 is 0 Å². The number of hydrogen-bond donors (Lipinski definition) is 2. The monoisotopic (exact) mass is 469 g/mol. The molecule has 4 rings (SSSR count). The molecule has 0 radical (unpaired) electrons. The predicted octanol–water partition coefficient (Wildman–Crippen LogP) is 2.80. The van der Waals surface area contributed by atoms with Gasteiger partial charge in [0.25, 0.3) is 0 Å². The molecule has 2 aromatic heterocycles. The van der Waals surface area contributed by atoms with Gasteiger partial charge < -0.3 is 25.4 Å². The van der Waals surface area contributed by atoms with E-state index in [-0.39, 0.29) is 18.4 Å². The topological polar surface area (TPSA) is 124 Å². The second-order valence-corrected chi connectivity index (χ2v) is 8.25. The van der Waals surface area contributed by atoms with Crippen molar-refractivity contribution in [1.82, 2.24) is 15.2 Å². The fraction of sp³-hybridized carbons (Fsp3) is 0.308. The van der Waals surface area contributed by atoms with Gasteiger partial charge in [0.1, 0.15) is 29.9 Å². The Kier molecular flexibility index (Phi) is 7.30. The van der Waals surface area contributed by atoms with Crippen LogP contribution in [0.4, 0.5) is 17.3 Å². The fourth-order valence-electron chi connectivity index (χ4n) is 4.09. The highest BCUT2D eigenvalue weighted by atomic mass is 16.5. The van der Waals surface area contributed by atoms with Crippen LogP contribution in [0.3, 0.4) is 0 Å². The van der Waals surface area contributed by atoms with E-state index in [4.69, 9.17) is 15.5 Å². The zero-order valence-corrected chi connectivity index (χ0v) is 19.8. The Morgan fingerprint density at radius 2 is 2.00 bits per heavy atom. The molecule has 3 N–H and O–H groups in total. The van der Waals surface area contributed by atoms with Gasteiger partial charge in [-0.15, -0.1) is 10.2 Å². The Morgan fingerprint density at radius 3 is 2.77 bits per heavy atom. The van der Waals surface area contributed by atoms with E-state index in [0.717, 1.165) is 24.5 Å². The van der Waals surface area contributed by atoms with Gasteiger partial charge in [0.05, 0.1) is 16.9 Å². The molecule has 1 fully saturated rings. The molecule has 0 amide bonds. The number of nitrogens with two attached hydrogens (primary N) is 1. The number of nitrogens with zero attached hydrogens (tertiary/aromatic N) is 6. The summed E-state index contributed by atoms with van der Waals surface area (Å²) in [6.07, 6.45) is 0.861. The standard InChI is InChI=1S/C26H27N7O2/c1-18-11-12-32(23-16-22(30-31-26(23)28)20-6-3-4-8-24(20)34)13-14-33(18)25-10-9-19(17-27)21(29-25)7-5-15-35-2/h3-4,6,8-10,16,18,34H,11-15H2,1-2H3,(H2,28,31)/t18-/m1/s1. The van der Waals surface area contributed by atoms with E-state index >= 15 is 0 Å². The normalized spacial score (nSPS) is 15.6. The van der Waals surface area contributed by atoms with Crippen molar-refractivity contribution in [1.29, 1.82) is 5.26 Å². The fourth-order valence-corrected chi connectivity index (χ4v) is 4.09. The number of aromatic nitrogens is 3. The van der Waals surface area contributed by atoms with Crippen molar-refractivity contribution in [2.24, 2.45) is 0 Å². The van der Waals surface area contributed by atoms with Gasteiger partial charge in [0.2, 0.25) is 0 Å². The molecule has 1 saturated heterocycles. The summed E-state index contributed by atoms with van der Waals surface area (Å²) in [5.74, 6) is 7.09. The third-order valence-electron chi connectivity index (χ3n) is 6.00. The largest absolute Gasteiger partial charge is 0.507 e. The lowest BCUT2D eigenvalue weighted by atomic mass is 10.1. The third kappa shape index (κ3) is 5.26. The predicted molar refractivity (Wildman–Crippen MR) is 135 cm³/mol. The van der Waals surface area contributed by atoms with Crippen molar-refractivity contribution in [2.75, 3.05) is 48.9 Å². The first-order valence-corrected chi connectivity index (χ1v) is 11.3. The van der Waals surface area contributed by atoms with Crippen LogP contribution in [0.1, 0.15) is 24.6 Å². The highest BCUT2D eigenvalue weighted by molar-refractivity contribution is 5.74. The maximum Gasteiger partial charge on any atom is 0.169 e. The van der Waals surface area contributed by atoms with Crippen LogP contribution in [0.25, 0.3) is 11.3 Å². The second kappa shape index (κ2) is 10.7. The molecule has 9 heteroatoms. The summed E-state index contributed by atoms with van der Waals surface area (Å²) in [5.41, 5.74) is 9.06. The zero-order chi connectivity index (χ0) is 24.8. The zero-order valence-electron chi connectivity index (χ0n) is 19.8. The quantitative estimate of drug-likeness (QED) is 0.555. The van der Waals surface area contributed by atoms with E-state index in [0.29, 0.717) is 41.4 Å². The molecule has 9 nitrogen and oxygen atoms in total. The molecule has 0 unspecified atom stereocenters. The molecule has 3 aromatic rings. The molecule has 0 spiro atoms. The number of anilines is 3. The molecule has 0 aliphatic carbocycles. The van der Waals surface area contributed by atoms with Crippen molar-refractivity contribution >= 4 is 17.3 Å². The van der Waals surface area contributed by atoms with Gasteiger partial charge in [0.15, 0.2) is 5.82 Å².